The molecular formula is C18H22O2. The summed E-state index contributed by atoms with van der Waals surface area (Å²) in [6.07, 6.45) is 3.72. The summed E-state index contributed by atoms with van der Waals surface area (Å²) in [5, 5.41) is 0. The molecule has 0 saturated carbocycles. The molecule has 0 bridgehead atoms. The van der Waals surface area contributed by atoms with Gasteiger partial charge < -0.3 is 4.74 Å². The van der Waals surface area contributed by atoms with Crippen LogP contribution in [0.25, 0.3) is 5.57 Å². The lowest BCUT2D eigenvalue weighted by atomic mass is 10.1. The predicted octanol–water partition coefficient (Wildman–Crippen LogP) is 4.22. The molecule has 0 aliphatic rings. The van der Waals surface area contributed by atoms with Crippen LogP contribution in [0, 0.1) is 11.8 Å². The Morgan fingerprint density at radius 3 is 2.60 bits per heavy atom. The van der Waals surface area contributed by atoms with Gasteiger partial charge in [-0.15, -0.1) is 0 Å². The number of ether oxygens (including phenoxy) is 1. The highest BCUT2D eigenvalue weighted by molar-refractivity contribution is 5.77. The van der Waals surface area contributed by atoms with Gasteiger partial charge in [-0.3, -0.25) is 4.79 Å². The molecule has 1 rings (SSSR count). The maximum absolute atomic E-state index is 11.1. The summed E-state index contributed by atoms with van der Waals surface area (Å²) < 4.78 is 5.23. The first-order valence-electron chi connectivity index (χ1n) is 7.06. The van der Waals surface area contributed by atoms with Gasteiger partial charge in [0, 0.05) is 12.5 Å². The van der Waals surface area contributed by atoms with Crippen molar-refractivity contribution in [3.63, 3.8) is 0 Å². The lowest BCUT2D eigenvalue weighted by molar-refractivity contribution is -0.144. The zero-order valence-corrected chi connectivity index (χ0v) is 12.3. The highest BCUT2D eigenvalue weighted by atomic mass is 16.5. The van der Waals surface area contributed by atoms with Gasteiger partial charge in [0.25, 0.3) is 0 Å². The molecule has 2 heteroatoms. The van der Waals surface area contributed by atoms with Crippen molar-refractivity contribution in [1.29, 1.82) is 0 Å². The molecule has 1 unspecified atom stereocenters. The largest absolute Gasteiger partial charge is 0.449 e. The van der Waals surface area contributed by atoms with E-state index in [-0.39, 0.29) is 12.1 Å². The van der Waals surface area contributed by atoms with E-state index in [1.54, 1.807) is 0 Å². The van der Waals surface area contributed by atoms with Gasteiger partial charge in [-0.2, -0.15) is 0 Å². The van der Waals surface area contributed by atoms with Crippen LogP contribution in [0.2, 0.25) is 0 Å². The maximum Gasteiger partial charge on any atom is 0.303 e. The van der Waals surface area contributed by atoms with Crippen molar-refractivity contribution in [1.82, 2.24) is 0 Å². The third-order valence-electron chi connectivity index (χ3n) is 2.88. The molecule has 0 aromatic heterocycles. The monoisotopic (exact) mass is 270 g/mol. The number of carbonyl (C=O) groups excluding carboxylic acids is 1. The summed E-state index contributed by atoms with van der Waals surface area (Å²) in [7, 11) is 0. The molecule has 1 aromatic carbocycles. The zero-order chi connectivity index (χ0) is 14.8. The quantitative estimate of drug-likeness (QED) is 0.439. The van der Waals surface area contributed by atoms with Crippen molar-refractivity contribution >= 4 is 11.5 Å². The summed E-state index contributed by atoms with van der Waals surface area (Å²) in [6, 6.07) is 9.79. The minimum absolute atomic E-state index is 0.286. The SMILES string of the molecule is C=C(C#CC(CCCCC)OC(C)=O)c1ccccc1. The summed E-state index contributed by atoms with van der Waals surface area (Å²) in [4.78, 5) is 11.1. The average Bonchev–Trinajstić information content (AvgIpc) is 2.45. The van der Waals surface area contributed by atoms with E-state index in [1.807, 2.05) is 30.3 Å². The molecule has 1 aromatic rings. The molecule has 1 atom stereocenters. The highest BCUT2D eigenvalue weighted by Gasteiger charge is 2.08. The molecule has 0 amide bonds. The summed E-state index contributed by atoms with van der Waals surface area (Å²) in [6.45, 7) is 7.52. The van der Waals surface area contributed by atoms with Crippen LogP contribution >= 0.6 is 0 Å². The first kappa shape index (κ1) is 16.0. The van der Waals surface area contributed by atoms with E-state index in [2.05, 4.69) is 25.3 Å². The van der Waals surface area contributed by atoms with Crippen LogP contribution in [0.4, 0.5) is 0 Å². The second kappa shape index (κ2) is 8.98. The standard InChI is InChI=1S/C18H22O2/c1-4-5-7-12-18(20-16(3)19)14-13-15(2)17-10-8-6-9-11-17/h6,8-11,18H,2,4-5,7,12H2,1,3H3. The molecule has 0 aliphatic heterocycles. The molecule has 0 aliphatic carbocycles. The maximum atomic E-state index is 11.1. The van der Waals surface area contributed by atoms with Crippen molar-refractivity contribution in [2.45, 2.75) is 45.6 Å². The van der Waals surface area contributed by atoms with Crippen LogP contribution in [-0.4, -0.2) is 12.1 Å². The third-order valence-corrected chi connectivity index (χ3v) is 2.88. The lowest BCUT2D eigenvalue weighted by Crippen LogP contribution is -2.14. The third kappa shape index (κ3) is 6.24. The van der Waals surface area contributed by atoms with E-state index >= 15 is 0 Å². The Labute approximate surface area is 121 Å². The molecule has 0 heterocycles. The van der Waals surface area contributed by atoms with Crippen molar-refractivity contribution in [2.24, 2.45) is 0 Å². The fourth-order valence-corrected chi connectivity index (χ4v) is 1.82. The van der Waals surface area contributed by atoms with Crippen LogP contribution in [0.15, 0.2) is 36.9 Å². The second-order valence-corrected chi connectivity index (χ2v) is 4.71. The fourth-order valence-electron chi connectivity index (χ4n) is 1.82. The summed E-state index contributed by atoms with van der Waals surface area (Å²) >= 11 is 0. The van der Waals surface area contributed by atoms with E-state index in [9.17, 15) is 4.79 Å². The van der Waals surface area contributed by atoms with Crippen LogP contribution in [0.3, 0.4) is 0 Å². The van der Waals surface area contributed by atoms with Gasteiger partial charge in [-0.25, -0.2) is 0 Å². The Kier molecular flexibility index (Phi) is 7.21. The van der Waals surface area contributed by atoms with Gasteiger partial charge in [0.15, 0.2) is 6.10 Å². The van der Waals surface area contributed by atoms with E-state index in [0.717, 1.165) is 36.8 Å². The molecule has 20 heavy (non-hydrogen) atoms. The number of hydrogen-bond acceptors (Lipinski definition) is 2. The number of rotatable bonds is 6. The molecule has 2 nitrogen and oxygen atoms in total. The molecule has 0 spiro atoms. The topological polar surface area (TPSA) is 26.3 Å². The minimum Gasteiger partial charge on any atom is -0.449 e. The van der Waals surface area contributed by atoms with Crippen LogP contribution in [0.1, 0.15) is 45.1 Å². The number of benzene rings is 1. The Bertz CT molecular complexity index is 491. The minimum atomic E-state index is -0.334. The number of esters is 1. The van der Waals surface area contributed by atoms with Gasteiger partial charge >= 0.3 is 5.97 Å². The molecule has 106 valence electrons. The smallest absolute Gasteiger partial charge is 0.303 e. The van der Waals surface area contributed by atoms with Gasteiger partial charge in [-0.1, -0.05) is 68.5 Å². The molecule has 0 fully saturated rings. The molecule has 0 saturated heterocycles. The van der Waals surface area contributed by atoms with Gasteiger partial charge in [-0.05, 0) is 18.4 Å². The molecular weight excluding hydrogens is 248 g/mol. The number of carbonyl (C=O) groups is 1. The highest BCUT2D eigenvalue weighted by Crippen LogP contribution is 2.11. The Hall–Kier alpha value is -2.01. The van der Waals surface area contributed by atoms with Crippen molar-refractivity contribution in [2.75, 3.05) is 0 Å². The van der Waals surface area contributed by atoms with Crippen molar-refractivity contribution < 1.29 is 9.53 Å². The number of hydrogen-bond donors (Lipinski definition) is 0. The van der Waals surface area contributed by atoms with E-state index in [0.29, 0.717) is 0 Å². The van der Waals surface area contributed by atoms with Gasteiger partial charge in [0.1, 0.15) is 0 Å². The Morgan fingerprint density at radius 2 is 2.00 bits per heavy atom. The van der Waals surface area contributed by atoms with Crippen LogP contribution in [0.5, 0.6) is 0 Å². The zero-order valence-electron chi connectivity index (χ0n) is 12.3. The van der Waals surface area contributed by atoms with Crippen LogP contribution in [-0.2, 0) is 9.53 Å². The summed E-state index contributed by atoms with van der Waals surface area (Å²) in [5.74, 6) is 5.74. The van der Waals surface area contributed by atoms with Crippen molar-refractivity contribution in [3.8, 4) is 11.8 Å². The first-order chi connectivity index (χ1) is 9.63. The second-order valence-electron chi connectivity index (χ2n) is 4.71. The van der Waals surface area contributed by atoms with Crippen molar-refractivity contribution in [3.05, 3.63) is 42.5 Å². The molecule has 0 N–H and O–H groups in total. The predicted molar refractivity (Wildman–Crippen MR) is 82.9 cm³/mol. The average molecular weight is 270 g/mol. The fraction of sp³-hybridized carbons (Fsp3) is 0.389. The Balaban J connectivity index is 2.66. The lowest BCUT2D eigenvalue weighted by Gasteiger charge is -2.10. The first-order valence-corrected chi connectivity index (χ1v) is 7.06. The van der Waals surface area contributed by atoms with Gasteiger partial charge in [0.2, 0.25) is 0 Å². The Morgan fingerprint density at radius 1 is 1.30 bits per heavy atom. The molecule has 0 radical (unpaired) electrons. The number of allylic oxidation sites excluding steroid dienone is 1. The number of unbranched alkanes of at least 4 members (excludes halogenated alkanes) is 2. The van der Waals surface area contributed by atoms with E-state index in [4.69, 9.17) is 4.74 Å². The van der Waals surface area contributed by atoms with E-state index in [1.165, 1.54) is 6.92 Å². The normalized spacial score (nSPS) is 11.1. The summed E-state index contributed by atoms with van der Waals surface area (Å²) in [5.41, 5.74) is 1.74. The van der Waals surface area contributed by atoms with E-state index < -0.39 is 0 Å². The van der Waals surface area contributed by atoms with Crippen LogP contribution < -0.4 is 0 Å². The van der Waals surface area contributed by atoms with Gasteiger partial charge in [0.05, 0.1) is 0 Å².